The largest absolute Gasteiger partial charge is 0.463 e. The maximum atomic E-state index is 12.2. The molecule has 0 saturated carbocycles. The van der Waals surface area contributed by atoms with Gasteiger partial charge in [-0.1, -0.05) is 6.92 Å². The van der Waals surface area contributed by atoms with Crippen LogP contribution in [0.1, 0.15) is 47.5 Å². The fourth-order valence-electron chi connectivity index (χ4n) is 2.38. The molecule has 3 amide bonds. The molecule has 3 N–H and O–H groups in total. The SMILES string of the molecule is CCOC(=O)C1=C(COC(=O)CCNC(=O)OC(C)(C)C)NC(=O)N[C@@H]1CC. The number of amides is 3. The Morgan fingerprint density at radius 2 is 1.82 bits per heavy atom. The molecule has 10 heteroatoms. The number of hydrogen-bond donors (Lipinski definition) is 3. The second-order valence-corrected chi connectivity index (χ2v) is 7.01. The first-order chi connectivity index (χ1) is 13.1. The van der Waals surface area contributed by atoms with Gasteiger partial charge in [0.25, 0.3) is 0 Å². The molecule has 0 aromatic rings. The van der Waals surface area contributed by atoms with E-state index in [2.05, 4.69) is 16.0 Å². The Hall–Kier alpha value is -2.78. The fourth-order valence-corrected chi connectivity index (χ4v) is 2.38. The highest BCUT2D eigenvalue weighted by molar-refractivity contribution is 5.94. The Morgan fingerprint density at radius 3 is 2.39 bits per heavy atom. The summed E-state index contributed by atoms with van der Waals surface area (Å²) in [5, 5.41) is 7.56. The van der Waals surface area contributed by atoms with Crippen molar-refractivity contribution in [3.05, 3.63) is 11.3 Å². The smallest absolute Gasteiger partial charge is 0.407 e. The van der Waals surface area contributed by atoms with Gasteiger partial charge in [-0.2, -0.15) is 0 Å². The summed E-state index contributed by atoms with van der Waals surface area (Å²) in [7, 11) is 0. The summed E-state index contributed by atoms with van der Waals surface area (Å²) in [4.78, 5) is 47.4. The molecule has 1 aliphatic heterocycles. The molecule has 0 unspecified atom stereocenters. The van der Waals surface area contributed by atoms with Crippen molar-refractivity contribution in [2.45, 2.75) is 59.1 Å². The molecular weight excluding hydrogens is 370 g/mol. The Labute approximate surface area is 164 Å². The van der Waals surface area contributed by atoms with Gasteiger partial charge in [-0.05, 0) is 34.1 Å². The zero-order valence-corrected chi connectivity index (χ0v) is 17.0. The van der Waals surface area contributed by atoms with E-state index in [1.54, 1.807) is 27.7 Å². The van der Waals surface area contributed by atoms with Gasteiger partial charge in [0.1, 0.15) is 12.2 Å². The Morgan fingerprint density at radius 1 is 1.14 bits per heavy atom. The molecule has 0 aliphatic carbocycles. The number of hydrogen-bond acceptors (Lipinski definition) is 7. The monoisotopic (exact) mass is 399 g/mol. The summed E-state index contributed by atoms with van der Waals surface area (Å²) in [5.74, 6) is -1.19. The van der Waals surface area contributed by atoms with Crippen LogP contribution in [0.15, 0.2) is 11.3 Å². The third-order valence-electron chi connectivity index (χ3n) is 3.52. The van der Waals surface area contributed by atoms with Crippen LogP contribution in [0.4, 0.5) is 9.59 Å². The summed E-state index contributed by atoms with van der Waals surface area (Å²) in [6.07, 6.45) is -0.257. The standard InChI is InChI=1S/C18H29N3O7/c1-6-11-14(15(23)26-7-2)12(21-16(24)20-11)10-27-13(22)8-9-19-17(25)28-18(3,4)5/h11H,6-10H2,1-5H3,(H,19,25)(H2,20,21,24)/t11-/m1/s1. The van der Waals surface area contributed by atoms with E-state index in [-0.39, 0.29) is 37.4 Å². The molecule has 10 nitrogen and oxygen atoms in total. The molecule has 1 atom stereocenters. The molecule has 0 saturated heterocycles. The summed E-state index contributed by atoms with van der Waals surface area (Å²) < 4.78 is 15.2. The highest BCUT2D eigenvalue weighted by Crippen LogP contribution is 2.17. The van der Waals surface area contributed by atoms with E-state index in [4.69, 9.17) is 14.2 Å². The summed E-state index contributed by atoms with van der Waals surface area (Å²) >= 11 is 0. The molecule has 158 valence electrons. The van der Waals surface area contributed by atoms with Crippen LogP contribution in [0.2, 0.25) is 0 Å². The number of carbonyl (C=O) groups is 4. The highest BCUT2D eigenvalue weighted by atomic mass is 16.6. The van der Waals surface area contributed by atoms with Gasteiger partial charge in [0.05, 0.1) is 30.3 Å². The first-order valence-corrected chi connectivity index (χ1v) is 9.17. The van der Waals surface area contributed by atoms with E-state index >= 15 is 0 Å². The lowest BCUT2D eigenvalue weighted by Crippen LogP contribution is -2.51. The molecule has 0 bridgehead atoms. The van der Waals surface area contributed by atoms with Crippen molar-refractivity contribution in [3.8, 4) is 0 Å². The van der Waals surface area contributed by atoms with Crippen LogP contribution in [-0.2, 0) is 23.8 Å². The molecular formula is C18H29N3O7. The Kier molecular flexibility index (Phi) is 8.75. The number of alkyl carbamates (subject to hydrolysis) is 1. The van der Waals surface area contributed by atoms with E-state index < -0.39 is 35.7 Å². The molecule has 0 fully saturated rings. The van der Waals surface area contributed by atoms with Crippen LogP contribution >= 0.6 is 0 Å². The predicted molar refractivity (Wildman–Crippen MR) is 99.2 cm³/mol. The van der Waals surface area contributed by atoms with E-state index in [0.717, 1.165) is 0 Å². The average Bonchev–Trinajstić information content (AvgIpc) is 2.57. The Bertz CT molecular complexity index is 638. The minimum absolute atomic E-state index is 0.0308. The van der Waals surface area contributed by atoms with Crippen molar-refractivity contribution in [1.82, 2.24) is 16.0 Å². The van der Waals surface area contributed by atoms with Crippen LogP contribution in [0.3, 0.4) is 0 Å². The lowest BCUT2D eigenvalue weighted by molar-refractivity contribution is -0.143. The van der Waals surface area contributed by atoms with Crippen molar-refractivity contribution in [3.63, 3.8) is 0 Å². The van der Waals surface area contributed by atoms with Crippen LogP contribution in [0.5, 0.6) is 0 Å². The number of carbonyl (C=O) groups excluding carboxylic acids is 4. The molecule has 1 rings (SSSR count). The van der Waals surface area contributed by atoms with Crippen molar-refractivity contribution in [2.75, 3.05) is 19.8 Å². The molecule has 28 heavy (non-hydrogen) atoms. The maximum Gasteiger partial charge on any atom is 0.407 e. The summed E-state index contributed by atoms with van der Waals surface area (Å²) in [5.41, 5.74) is -0.227. The number of urea groups is 1. The van der Waals surface area contributed by atoms with Gasteiger partial charge in [-0.25, -0.2) is 14.4 Å². The van der Waals surface area contributed by atoms with Crippen molar-refractivity contribution in [2.24, 2.45) is 0 Å². The van der Waals surface area contributed by atoms with Crippen LogP contribution < -0.4 is 16.0 Å². The normalized spacial score (nSPS) is 16.6. The van der Waals surface area contributed by atoms with Crippen molar-refractivity contribution in [1.29, 1.82) is 0 Å². The summed E-state index contributed by atoms with van der Waals surface area (Å²) in [6.45, 7) is 8.58. The lowest BCUT2D eigenvalue weighted by Gasteiger charge is -2.28. The van der Waals surface area contributed by atoms with Crippen LogP contribution in [0.25, 0.3) is 0 Å². The van der Waals surface area contributed by atoms with Crippen molar-refractivity contribution < 1.29 is 33.4 Å². The second kappa shape index (κ2) is 10.5. The van der Waals surface area contributed by atoms with Gasteiger partial charge in [0.15, 0.2) is 0 Å². The zero-order valence-electron chi connectivity index (χ0n) is 17.0. The van der Waals surface area contributed by atoms with E-state index in [0.29, 0.717) is 6.42 Å². The third kappa shape index (κ3) is 7.85. The molecule has 1 aliphatic rings. The predicted octanol–water partition coefficient (Wildman–Crippen LogP) is 1.35. The first kappa shape index (κ1) is 23.3. The maximum absolute atomic E-state index is 12.2. The van der Waals surface area contributed by atoms with E-state index in [9.17, 15) is 19.2 Å². The van der Waals surface area contributed by atoms with Gasteiger partial charge < -0.3 is 30.2 Å². The minimum Gasteiger partial charge on any atom is -0.463 e. The van der Waals surface area contributed by atoms with Crippen LogP contribution in [-0.4, -0.2) is 55.5 Å². The number of esters is 2. The number of nitrogens with one attached hydrogen (secondary N) is 3. The quantitative estimate of drug-likeness (QED) is 0.415. The van der Waals surface area contributed by atoms with Gasteiger partial charge in [0.2, 0.25) is 0 Å². The van der Waals surface area contributed by atoms with E-state index in [1.807, 2.05) is 6.92 Å². The van der Waals surface area contributed by atoms with Gasteiger partial charge in [0, 0.05) is 6.54 Å². The van der Waals surface area contributed by atoms with Crippen molar-refractivity contribution >= 4 is 24.1 Å². The Balaban J connectivity index is 2.63. The average molecular weight is 399 g/mol. The second-order valence-electron chi connectivity index (χ2n) is 7.01. The van der Waals surface area contributed by atoms with Gasteiger partial charge >= 0.3 is 24.1 Å². The van der Waals surface area contributed by atoms with Crippen LogP contribution in [0, 0.1) is 0 Å². The third-order valence-corrected chi connectivity index (χ3v) is 3.52. The lowest BCUT2D eigenvalue weighted by atomic mass is 10.0. The molecule has 0 spiro atoms. The zero-order chi connectivity index (χ0) is 21.3. The minimum atomic E-state index is -0.635. The topological polar surface area (TPSA) is 132 Å². The van der Waals surface area contributed by atoms with Gasteiger partial charge in [-0.15, -0.1) is 0 Å². The molecule has 0 aromatic heterocycles. The van der Waals surface area contributed by atoms with E-state index in [1.165, 1.54) is 0 Å². The number of rotatable bonds is 8. The first-order valence-electron chi connectivity index (χ1n) is 9.17. The number of ether oxygens (including phenoxy) is 3. The van der Waals surface area contributed by atoms with Gasteiger partial charge in [-0.3, -0.25) is 4.79 Å². The molecule has 0 aromatic carbocycles. The fraction of sp³-hybridized carbons (Fsp3) is 0.667. The summed E-state index contributed by atoms with van der Waals surface area (Å²) in [6, 6.07) is -1.02. The highest BCUT2D eigenvalue weighted by Gasteiger charge is 2.32. The molecule has 0 radical (unpaired) electrons. The molecule has 1 heterocycles.